The van der Waals surface area contributed by atoms with Gasteiger partial charge in [-0.05, 0) is 29.8 Å². The monoisotopic (exact) mass is 277 g/mol. The van der Waals surface area contributed by atoms with Crippen molar-refractivity contribution in [2.24, 2.45) is 5.73 Å². The molecule has 1 aromatic rings. The summed E-state index contributed by atoms with van der Waals surface area (Å²) in [5.41, 5.74) is 5.16. The number of nitrogens with two attached hydrogens (primary N) is 1. The van der Waals surface area contributed by atoms with Crippen LogP contribution in [0.15, 0.2) is 9.98 Å². The molecule has 1 amide bonds. The van der Waals surface area contributed by atoms with Crippen molar-refractivity contribution >= 4 is 38.3 Å². The predicted octanol–water partition coefficient (Wildman–Crippen LogP) is 1.61. The zero-order valence-corrected chi connectivity index (χ0v) is 10.4. The number of rotatable bonds is 4. The number of nitrogens with zero attached hydrogens (tertiary/aromatic N) is 2. The number of hydrogen-bond acceptors (Lipinski definition) is 4. The molecular weight excluding hydrogens is 266 g/mol. The Kier molecular flexibility index (Phi) is 3.88. The van der Waals surface area contributed by atoms with Gasteiger partial charge in [-0.1, -0.05) is 0 Å². The van der Waals surface area contributed by atoms with Crippen LogP contribution in [0.5, 0.6) is 0 Å². The SMILES string of the molecule is CC(C)N(CC(N)=O)c1nc(Br)cs1. The van der Waals surface area contributed by atoms with Gasteiger partial charge >= 0.3 is 0 Å². The van der Waals surface area contributed by atoms with Crippen LogP contribution in [0, 0.1) is 0 Å². The topological polar surface area (TPSA) is 59.2 Å². The summed E-state index contributed by atoms with van der Waals surface area (Å²) >= 11 is 4.76. The molecule has 0 aliphatic rings. The fourth-order valence-corrected chi connectivity index (χ4v) is 2.40. The van der Waals surface area contributed by atoms with E-state index in [9.17, 15) is 4.79 Å². The highest BCUT2D eigenvalue weighted by molar-refractivity contribution is 9.10. The Labute approximate surface area is 95.2 Å². The van der Waals surface area contributed by atoms with Crippen molar-refractivity contribution < 1.29 is 4.79 Å². The Morgan fingerprint density at radius 1 is 1.79 bits per heavy atom. The second-order valence-corrected chi connectivity index (χ2v) is 4.79. The molecule has 0 saturated heterocycles. The molecule has 0 aromatic carbocycles. The Hall–Kier alpha value is -0.620. The van der Waals surface area contributed by atoms with Crippen molar-refractivity contribution in [3.63, 3.8) is 0 Å². The first-order valence-corrected chi connectivity index (χ1v) is 5.84. The summed E-state index contributed by atoms with van der Waals surface area (Å²) in [7, 11) is 0. The Morgan fingerprint density at radius 2 is 2.43 bits per heavy atom. The maximum Gasteiger partial charge on any atom is 0.237 e. The molecular formula is C8H12BrN3OS. The van der Waals surface area contributed by atoms with E-state index in [1.807, 2.05) is 24.1 Å². The van der Waals surface area contributed by atoms with Crippen LogP contribution in [0.1, 0.15) is 13.8 Å². The van der Waals surface area contributed by atoms with Gasteiger partial charge < -0.3 is 10.6 Å². The molecule has 0 spiro atoms. The summed E-state index contributed by atoms with van der Waals surface area (Å²) in [6.45, 7) is 4.20. The highest BCUT2D eigenvalue weighted by atomic mass is 79.9. The summed E-state index contributed by atoms with van der Waals surface area (Å²) in [6, 6.07) is 0.209. The lowest BCUT2D eigenvalue weighted by Gasteiger charge is -2.24. The number of thiazole rings is 1. The molecule has 0 fully saturated rings. The summed E-state index contributed by atoms with van der Waals surface area (Å²) in [6.07, 6.45) is 0. The van der Waals surface area contributed by atoms with Crippen LogP contribution >= 0.6 is 27.3 Å². The van der Waals surface area contributed by atoms with Gasteiger partial charge in [0, 0.05) is 11.4 Å². The molecule has 0 bridgehead atoms. The highest BCUT2D eigenvalue weighted by Gasteiger charge is 2.15. The first kappa shape index (κ1) is 11.5. The third-order valence-electron chi connectivity index (χ3n) is 1.66. The van der Waals surface area contributed by atoms with Gasteiger partial charge in [0.25, 0.3) is 0 Å². The molecule has 6 heteroatoms. The van der Waals surface area contributed by atoms with E-state index in [2.05, 4.69) is 20.9 Å². The molecule has 0 radical (unpaired) electrons. The van der Waals surface area contributed by atoms with Gasteiger partial charge in [-0.2, -0.15) is 0 Å². The van der Waals surface area contributed by atoms with Gasteiger partial charge in [0.05, 0.1) is 6.54 Å². The standard InChI is InChI=1S/C8H12BrN3OS/c1-5(2)12(3-7(10)13)8-11-6(9)4-14-8/h4-5H,3H2,1-2H3,(H2,10,13). The first-order valence-electron chi connectivity index (χ1n) is 4.16. The van der Waals surface area contributed by atoms with Gasteiger partial charge in [-0.15, -0.1) is 11.3 Å². The molecule has 0 saturated carbocycles. The number of primary amides is 1. The Morgan fingerprint density at radius 3 is 2.79 bits per heavy atom. The van der Waals surface area contributed by atoms with E-state index in [1.165, 1.54) is 11.3 Å². The van der Waals surface area contributed by atoms with E-state index in [4.69, 9.17) is 5.73 Å². The molecule has 14 heavy (non-hydrogen) atoms. The van der Waals surface area contributed by atoms with Crippen molar-refractivity contribution in [1.82, 2.24) is 4.98 Å². The predicted molar refractivity (Wildman–Crippen MR) is 61.5 cm³/mol. The van der Waals surface area contributed by atoms with Crippen LogP contribution in [0.25, 0.3) is 0 Å². The molecule has 1 aromatic heterocycles. The number of halogens is 1. The molecule has 0 atom stereocenters. The minimum Gasteiger partial charge on any atom is -0.368 e. The first-order chi connectivity index (χ1) is 6.50. The third-order valence-corrected chi connectivity index (χ3v) is 3.25. The van der Waals surface area contributed by atoms with Gasteiger partial charge in [-0.3, -0.25) is 4.79 Å². The van der Waals surface area contributed by atoms with Gasteiger partial charge in [0.2, 0.25) is 5.91 Å². The second kappa shape index (κ2) is 4.75. The number of amides is 1. The lowest BCUT2D eigenvalue weighted by Crippen LogP contribution is -2.38. The van der Waals surface area contributed by atoms with Crippen LogP contribution in [0.2, 0.25) is 0 Å². The lowest BCUT2D eigenvalue weighted by atomic mass is 10.3. The maximum atomic E-state index is 10.8. The van der Waals surface area contributed by atoms with E-state index in [1.54, 1.807) is 0 Å². The third kappa shape index (κ3) is 2.95. The number of anilines is 1. The highest BCUT2D eigenvalue weighted by Crippen LogP contribution is 2.24. The van der Waals surface area contributed by atoms with E-state index in [-0.39, 0.29) is 18.5 Å². The maximum absolute atomic E-state index is 10.8. The van der Waals surface area contributed by atoms with Gasteiger partial charge in [0.1, 0.15) is 4.60 Å². The molecule has 1 heterocycles. The van der Waals surface area contributed by atoms with Crippen molar-refractivity contribution in [3.8, 4) is 0 Å². The minimum absolute atomic E-state index is 0.206. The van der Waals surface area contributed by atoms with Crippen LogP contribution in [0.3, 0.4) is 0 Å². The number of carbonyl (C=O) groups excluding carboxylic acids is 1. The summed E-state index contributed by atoms with van der Waals surface area (Å²) in [4.78, 5) is 17.0. The van der Waals surface area contributed by atoms with Gasteiger partial charge in [0.15, 0.2) is 5.13 Å². The Bertz CT molecular complexity index is 326. The van der Waals surface area contributed by atoms with E-state index >= 15 is 0 Å². The average Bonchev–Trinajstić information content (AvgIpc) is 2.46. The summed E-state index contributed by atoms with van der Waals surface area (Å²) < 4.78 is 0.785. The number of hydrogen-bond donors (Lipinski definition) is 1. The molecule has 2 N–H and O–H groups in total. The van der Waals surface area contributed by atoms with E-state index < -0.39 is 0 Å². The molecule has 4 nitrogen and oxygen atoms in total. The average molecular weight is 278 g/mol. The number of carbonyl (C=O) groups is 1. The minimum atomic E-state index is -0.343. The zero-order chi connectivity index (χ0) is 10.7. The second-order valence-electron chi connectivity index (χ2n) is 3.14. The summed E-state index contributed by atoms with van der Waals surface area (Å²) in [5, 5.41) is 2.69. The lowest BCUT2D eigenvalue weighted by molar-refractivity contribution is -0.116. The normalized spacial score (nSPS) is 10.6. The van der Waals surface area contributed by atoms with Crippen LogP contribution in [-0.2, 0) is 4.79 Å². The van der Waals surface area contributed by atoms with Crippen molar-refractivity contribution in [2.45, 2.75) is 19.9 Å². The molecule has 78 valence electrons. The van der Waals surface area contributed by atoms with Crippen LogP contribution in [0.4, 0.5) is 5.13 Å². The quantitative estimate of drug-likeness (QED) is 0.910. The fourth-order valence-electron chi connectivity index (χ4n) is 1.02. The van der Waals surface area contributed by atoms with Crippen molar-refractivity contribution in [1.29, 1.82) is 0 Å². The molecule has 0 aliphatic heterocycles. The molecule has 0 aliphatic carbocycles. The van der Waals surface area contributed by atoms with Crippen molar-refractivity contribution in [2.75, 3.05) is 11.4 Å². The molecule has 1 rings (SSSR count). The summed E-state index contributed by atoms with van der Waals surface area (Å²) in [5.74, 6) is -0.343. The molecule has 0 unspecified atom stereocenters. The van der Waals surface area contributed by atoms with Gasteiger partial charge in [-0.25, -0.2) is 4.98 Å². The van der Waals surface area contributed by atoms with Crippen LogP contribution < -0.4 is 10.6 Å². The fraction of sp³-hybridized carbons (Fsp3) is 0.500. The van der Waals surface area contributed by atoms with Crippen molar-refractivity contribution in [3.05, 3.63) is 9.98 Å². The largest absolute Gasteiger partial charge is 0.368 e. The van der Waals surface area contributed by atoms with E-state index in [0.717, 1.165) is 9.73 Å². The zero-order valence-electron chi connectivity index (χ0n) is 8.03. The number of aromatic nitrogens is 1. The smallest absolute Gasteiger partial charge is 0.237 e. The van der Waals surface area contributed by atoms with Crippen LogP contribution in [-0.4, -0.2) is 23.5 Å². The Balaban J connectivity index is 2.82. The van der Waals surface area contributed by atoms with E-state index in [0.29, 0.717) is 0 Å².